The number of hydrogen-bond acceptors (Lipinski definition) is 3. The quantitative estimate of drug-likeness (QED) is 0.850. The van der Waals surface area contributed by atoms with Crippen molar-refractivity contribution < 1.29 is 9.59 Å². The Kier molecular flexibility index (Phi) is 4.66. The molecule has 2 aromatic rings. The van der Waals surface area contributed by atoms with E-state index in [0.717, 1.165) is 17.5 Å². The second kappa shape index (κ2) is 6.65. The molecule has 2 rings (SSSR count). The van der Waals surface area contributed by atoms with E-state index in [1.807, 2.05) is 38.1 Å². The van der Waals surface area contributed by atoms with Crippen LogP contribution < -0.4 is 10.6 Å². The lowest BCUT2D eigenvalue weighted by Crippen LogP contribution is -2.30. The van der Waals surface area contributed by atoms with Crippen LogP contribution in [0.5, 0.6) is 0 Å². The summed E-state index contributed by atoms with van der Waals surface area (Å²) >= 11 is 0. The summed E-state index contributed by atoms with van der Waals surface area (Å²) in [6.07, 6.45) is 2.34. The van der Waals surface area contributed by atoms with Crippen molar-refractivity contribution in [2.45, 2.75) is 20.3 Å². The minimum Gasteiger partial charge on any atom is -0.318 e. The Labute approximate surface area is 123 Å². The zero-order valence-electron chi connectivity index (χ0n) is 12.0. The van der Waals surface area contributed by atoms with Crippen LogP contribution in [-0.2, 0) is 16.0 Å². The van der Waals surface area contributed by atoms with Crippen LogP contribution in [0.15, 0.2) is 42.6 Å². The molecule has 0 fully saturated rings. The van der Waals surface area contributed by atoms with Gasteiger partial charge in [0.1, 0.15) is 5.82 Å². The molecule has 5 heteroatoms. The van der Waals surface area contributed by atoms with E-state index in [0.29, 0.717) is 11.5 Å². The fraction of sp³-hybridized carbons (Fsp3) is 0.188. The zero-order chi connectivity index (χ0) is 15.2. The van der Waals surface area contributed by atoms with Crippen LogP contribution in [0.25, 0.3) is 0 Å². The van der Waals surface area contributed by atoms with E-state index in [1.54, 1.807) is 18.3 Å². The largest absolute Gasteiger partial charge is 0.318 e. The van der Waals surface area contributed by atoms with Crippen molar-refractivity contribution in [2.75, 3.05) is 10.6 Å². The molecule has 0 bridgehead atoms. The van der Waals surface area contributed by atoms with E-state index < -0.39 is 11.8 Å². The Morgan fingerprint density at radius 3 is 2.48 bits per heavy atom. The van der Waals surface area contributed by atoms with Crippen molar-refractivity contribution in [1.29, 1.82) is 0 Å². The molecule has 1 aromatic heterocycles. The molecule has 2 amide bonds. The minimum atomic E-state index is -0.734. The summed E-state index contributed by atoms with van der Waals surface area (Å²) in [4.78, 5) is 27.9. The molecular formula is C16H17N3O2. The number of carbonyl (C=O) groups excluding carboxylic acids is 2. The Morgan fingerprint density at radius 2 is 1.76 bits per heavy atom. The van der Waals surface area contributed by atoms with Crippen molar-refractivity contribution in [1.82, 2.24) is 4.98 Å². The van der Waals surface area contributed by atoms with Gasteiger partial charge < -0.3 is 10.6 Å². The first-order valence-electron chi connectivity index (χ1n) is 6.73. The van der Waals surface area contributed by atoms with Crippen LogP contribution >= 0.6 is 0 Å². The van der Waals surface area contributed by atoms with Gasteiger partial charge >= 0.3 is 11.8 Å². The highest BCUT2D eigenvalue weighted by Crippen LogP contribution is 2.15. The maximum Gasteiger partial charge on any atom is 0.315 e. The van der Waals surface area contributed by atoms with Crippen LogP contribution in [0.1, 0.15) is 18.1 Å². The summed E-state index contributed by atoms with van der Waals surface area (Å²) in [7, 11) is 0. The summed E-state index contributed by atoms with van der Waals surface area (Å²) in [6.45, 7) is 3.80. The zero-order valence-corrected chi connectivity index (χ0v) is 12.0. The monoisotopic (exact) mass is 283 g/mol. The van der Waals surface area contributed by atoms with E-state index in [9.17, 15) is 9.59 Å². The molecule has 1 heterocycles. The van der Waals surface area contributed by atoms with Crippen LogP contribution in [0.3, 0.4) is 0 Å². The first-order chi connectivity index (χ1) is 10.1. The third-order valence-electron chi connectivity index (χ3n) is 3.09. The van der Waals surface area contributed by atoms with E-state index in [-0.39, 0.29) is 0 Å². The van der Waals surface area contributed by atoms with Gasteiger partial charge in [-0.2, -0.15) is 0 Å². The van der Waals surface area contributed by atoms with Gasteiger partial charge in [-0.3, -0.25) is 9.59 Å². The number of nitrogens with zero attached hydrogens (tertiary/aromatic N) is 1. The number of rotatable bonds is 3. The van der Waals surface area contributed by atoms with Crippen LogP contribution in [-0.4, -0.2) is 16.8 Å². The summed E-state index contributed by atoms with van der Waals surface area (Å²) in [5, 5.41) is 5.13. The summed E-state index contributed by atoms with van der Waals surface area (Å²) in [5.74, 6) is -1.05. The average Bonchev–Trinajstić information content (AvgIpc) is 2.50. The lowest BCUT2D eigenvalue weighted by atomic mass is 10.1. The third-order valence-corrected chi connectivity index (χ3v) is 3.09. The van der Waals surface area contributed by atoms with Gasteiger partial charge in [0.2, 0.25) is 0 Å². The molecule has 5 nitrogen and oxygen atoms in total. The first kappa shape index (κ1) is 14.7. The van der Waals surface area contributed by atoms with Crippen molar-refractivity contribution in [3.8, 4) is 0 Å². The molecule has 0 aliphatic heterocycles. The van der Waals surface area contributed by atoms with Crippen molar-refractivity contribution >= 4 is 23.3 Å². The predicted octanol–water partition coefficient (Wildman–Crippen LogP) is 2.53. The van der Waals surface area contributed by atoms with E-state index in [4.69, 9.17) is 0 Å². The van der Waals surface area contributed by atoms with Gasteiger partial charge in [0.15, 0.2) is 0 Å². The van der Waals surface area contributed by atoms with Gasteiger partial charge in [0.25, 0.3) is 0 Å². The van der Waals surface area contributed by atoms with Crippen molar-refractivity contribution in [3.05, 3.63) is 53.7 Å². The van der Waals surface area contributed by atoms with Gasteiger partial charge in [-0.1, -0.05) is 31.2 Å². The lowest BCUT2D eigenvalue weighted by molar-refractivity contribution is -0.133. The molecule has 108 valence electrons. The van der Waals surface area contributed by atoms with Gasteiger partial charge in [-0.25, -0.2) is 4.98 Å². The molecule has 0 aliphatic carbocycles. The number of aryl methyl sites for hydroxylation is 2. The normalized spacial score (nSPS) is 10.0. The van der Waals surface area contributed by atoms with E-state index in [2.05, 4.69) is 15.6 Å². The third kappa shape index (κ3) is 3.66. The van der Waals surface area contributed by atoms with Gasteiger partial charge in [-0.15, -0.1) is 0 Å². The van der Waals surface area contributed by atoms with Crippen molar-refractivity contribution in [3.63, 3.8) is 0 Å². The Hall–Kier alpha value is -2.69. The summed E-state index contributed by atoms with van der Waals surface area (Å²) < 4.78 is 0. The molecule has 0 saturated heterocycles. The highest BCUT2D eigenvalue weighted by atomic mass is 16.2. The van der Waals surface area contributed by atoms with E-state index >= 15 is 0 Å². The fourth-order valence-electron chi connectivity index (χ4n) is 1.91. The molecule has 0 unspecified atom stereocenters. The topological polar surface area (TPSA) is 71.1 Å². The number of anilines is 2. The van der Waals surface area contributed by atoms with Crippen molar-refractivity contribution in [2.24, 2.45) is 0 Å². The lowest BCUT2D eigenvalue weighted by Gasteiger charge is -2.10. The fourth-order valence-corrected chi connectivity index (χ4v) is 1.91. The SMILES string of the molecule is CCc1ccccc1NC(=O)C(=O)Nc1ncccc1C. The summed E-state index contributed by atoms with van der Waals surface area (Å²) in [6, 6.07) is 11.0. The first-order valence-corrected chi connectivity index (χ1v) is 6.73. The molecular weight excluding hydrogens is 266 g/mol. The maximum atomic E-state index is 11.9. The van der Waals surface area contributed by atoms with Crippen LogP contribution in [0, 0.1) is 6.92 Å². The van der Waals surface area contributed by atoms with Gasteiger partial charge in [0.05, 0.1) is 0 Å². The Balaban J connectivity index is 2.07. The second-order valence-electron chi connectivity index (χ2n) is 4.59. The second-order valence-corrected chi connectivity index (χ2v) is 4.59. The molecule has 0 radical (unpaired) electrons. The van der Waals surface area contributed by atoms with Gasteiger partial charge in [-0.05, 0) is 36.6 Å². The number of carbonyl (C=O) groups is 2. The smallest absolute Gasteiger partial charge is 0.315 e. The average molecular weight is 283 g/mol. The van der Waals surface area contributed by atoms with E-state index in [1.165, 1.54) is 0 Å². The number of nitrogens with one attached hydrogen (secondary N) is 2. The molecule has 2 N–H and O–H groups in total. The summed E-state index contributed by atoms with van der Waals surface area (Å²) in [5.41, 5.74) is 2.43. The van der Waals surface area contributed by atoms with Crippen LogP contribution in [0.4, 0.5) is 11.5 Å². The Bertz CT molecular complexity index is 668. The Morgan fingerprint density at radius 1 is 1.05 bits per heavy atom. The van der Waals surface area contributed by atoms with Gasteiger partial charge in [0, 0.05) is 11.9 Å². The molecule has 0 atom stereocenters. The highest BCUT2D eigenvalue weighted by molar-refractivity contribution is 6.43. The molecule has 0 spiro atoms. The molecule has 1 aromatic carbocycles. The number of benzene rings is 1. The minimum absolute atomic E-state index is 0.390. The highest BCUT2D eigenvalue weighted by Gasteiger charge is 2.16. The molecule has 0 aliphatic rings. The molecule has 0 saturated carbocycles. The number of aromatic nitrogens is 1. The number of hydrogen-bond donors (Lipinski definition) is 2. The standard InChI is InChI=1S/C16H17N3O2/c1-3-12-8-4-5-9-13(12)18-15(20)16(21)19-14-11(2)7-6-10-17-14/h4-10H,3H2,1-2H3,(H,18,20)(H,17,19,21). The number of amides is 2. The number of pyridine rings is 1. The predicted molar refractivity (Wildman–Crippen MR) is 82.1 cm³/mol. The maximum absolute atomic E-state index is 11.9. The van der Waals surface area contributed by atoms with Crippen LogP contribution in [0.2, 0.25) is 0 Å². The molecule has 21 heavy (non-hydrogen) atoms. The number of para-hydroxylation sites is 1.